The van der Waals surface area contributed by atoms with Gasteiger partial charge in [-0.2, -0.15) is 0 Å². The molecular formula is C20H29NO2. The molecule has 0 N–H and O–H groups in total. The van der Waals surface area contributed by atoms with Crippen molar-refractivity contribution >= 4 is 5.97 Å². The zero-order valence-corrected chi connectivity index (χ0v) is 14.4. The van der Waals surface area contributed by atoms with E-state index in [1.54, 1.807) is 0 Å². The quantitative estimate of drug-likeness (QED) is 0.448. The van der Waals surface area contributed by atoms with Crippen LogP contribution in [-0.2, 0) is 9.53 Å². The monoisotopic (exact) mass is 315 g/mol. The van der Waals surface area contributed by atoms with Crippen LogP contribution in [0.15, 0.2) is 36.5 Å². The molecule has 126 valence electrons. The number of nitrogens with zero attached hydrogens (tertiary/aromatic N) is 1. The van der Waals surface area contributed by atoms with E-state index in [0.29, 0.717) is 25.0 Å². The fourth-order valence-electron chi connectivity index (χ4n) is 2.41. The van der Waals surface area contributed by atoms with Crippen LogP contribution in [0.4, 0.5) is 0 Å². The highest BCUT2D eigenvalue weighted by atomic mass is 16.5. The van der Waals surface area contributed by atoms with Crippen molar-refractivity contribution in [2.75, 3.05) is 26.2 Å². The molecule has 1 aliphatic rings. The first kappa shape index (κ1) is 19.3. The van der Waals surface area contributed by atoms with Crippen molar-refractivity contribution in [3.63, 3.8) is 0 Å². The maximum Gasteiger partial charge on any atom is 0.334 e. The van der Waals surface area contributed by atoms with E-state index in [1.165, 1.54) is 6.42 Å². The van der Waals surface area contributed by atoms with Gasteiger partial charge in [-0.3, -0.25) is 4.90 Å². The Kier molecular flexibility index (Phi) is 10.7. The summed E-state index contributed by atoms with van der Waals surface area (Å²) in [5, 5.41) is 0. The van der Waals surface area contributed by atoms with Gasteiger partial charge in [-0.15, -0.1) is 18.4 Å². The summed E-state index contributed by atoms with van der Waals surface area (Å²) in [7, 11) is 0. The summed E-state index contributed by atoms with van der Waals surface area (Å²) in [6.07, 6.45) is 13.4. The molecule has 0 atom stereocenters. The van der Waals surface area contributed by atoms with Crippen LogP contribution in [0.3, 0.4) is 0 Å². The summed E-state index contributed by atoms with van der Waals surface area (Å²) < 4.78 is 5.11. The number of esters is 1. The lowest BCUT2D eigenvalue weighted by Gasteiger charge is -2.19. The Labute approximate surface area is 141 Å². The third kappa shape index (κ3) is 9.05. The summed E-state index contributed by atoms with van der Waals surface area (Å²) in [6, 6.07) is 0. The molecule has 1 rings (SSSR count). The van der Waals surface area contributed by atoms with Crippen LogP contribution in [0.2, 0.25) is 0 Å². The molecule has 0 fully saturated rings. The van der Waals surface area contributed by atoms with Gasteiger partial charge < -0.3 is 4.74 Å². The van der Waals surface area contributed by atoms with Crippen LogP contribution in [0.25, 0.3) is 0 Å². The summed E-state index contributed by atoms with van der Waals surface area (Å²) in [4.78, 5) is 14.3. The first-order valence-corrected chi connectivity index (χ1v) is 8.59. The van der Waals surface area contributed by atoms with Gasteiger partial charge in [0.05, 0.1) is 6.61 Å². The van der Waals surface area contributed by atoms with Crippen LogP contribution >= 0.6 is 0 Å². The van der Waals surface area contributed by atoms with Crippen molar-refractivity contribution in [1.82, 2.24) is 4.90 Å². The van der Waals surface area contributed by atoms with Gasteiger partial charge >= 0.3 is 5.97 Å². The van der Waals surface area contributed by atoms with E-state index in [-0.39, 0.29) is 5.97 Å². The third-order valence-electron chi connectivity index (χ3n) is 3.64. The van der Waals surface area contributed by atoms with E-state index in [4.69, 9.17) is 4.74 Å². The van der Waals surface area contributed by atoms with E-state index < -0.39 is 0 Å². The summed E-state index contributed by atoms with van der Waals surface area (Å²) in [6.45, 7) is 9.08. The Morgan fingerprint density at radius 2 is 2.17 bits per heavy atom. The molecule has 0 saturated carbocycles. The largest absolute Gasteiger partial charge is 0.463 e. The molecule has 0 amide bonds. The minimum Gasteiger partial charge on any atom is -0.463 e. The molecule has 1 aliphatic heterocycles. The molecule has 0 radical (unpaired) electrons. The van der Waals surface area contributed by atoms with Gasteiger partial charge in [0, 0.05) is 31.5 Å². The first-order chi connectivity index (χ1) is 11.3. The summed E-state index contributed by atoms with van der Waals surface area (Å²) in [5.74, 6) is 6.15. The molecule has 0 unspecified atom stereocenters. The maximum absolute atomic E-state index is 11.9. The minimum atomic E-state index is -0.225. The molecule has 0 aliphatic carbocycles. The average molecular weight is 315 g/mol. The van der Waals surface area contributed by atoms with Crippen molar-refractivity contribution in [1.29, 1.82) is 0 Å². The van der Waals surface area contributed by atoms with Crippen molar-refractivity contribution in [2.24, 2.45) is 0 Å². The smallest absolute Gasteiger partial charge is 0.334 e. The maximum atomic E-state index is 11.9. The van der Waals surface area contributed by atoms with Gasteiger partial charge in [0.1, 0.15) is 0 Å². The zero-order valence-electron chi connectivity index (χ0n) is 14.4. The fraction of sp³-hybridized carbons (Fsp3) is 0.550. The Balaban J connectivity index is 2.72. The Bertz CT molecular complexity index is 480. The fourth-order valence-corrected chi connectivity index (χ4v) is 2.41. The van der Waals surface area contributed by atoms with E-state index in [0.717, 1.165) is 38.9 Å². The van der Waals surface area contributed by atoms with Gasteiger partial charge in [-0.1, -0.05) is 24.3 Å². The number of carbonyl (C=O) groups is 1. The van der Waals surface area contributed by atoms with Crippen LogP contribution in [0.1, 0.15) is 45.4 Å². The molecule has 1 heterocycles. The lowest BCUT2D eigenvalue weighted by Crippen LogP contribution is -2.25. The Hall–Kier alpha value is -1.79. The highest BCUT2D eigenvalue weighted by Crippen LogP contribution is 2.09. The zero-order chi connectivity index (χ0) is 16.8. The Morgan fingerprint density at radius 1 is 1.35 bits per heavy atom. The molecule has 3 nitrogen and oxygen atoms in total. The van der Waals surface area contributed by atoms with E-state index in [9.17, 15) is 4.79 Å². The third-order valence-corrected chi connectivity index (χ3v) is 3.64. The van der Waals surface area contributed by atoms with Crippen LogP contribution < -0.4 is 0 Å². The second-order valence-electron chi connectivity index (χ2n) is 5.53. The molecular weight excluding hydrogens is 286 g/mol. The number of rotatable bonds is 4. The van der Waals surface area contributed by atoms with E-state index in [1.807, 2.05) is 25.2 Å². The average Bonchev–Trinajstić information content (AvgIpc) is 2.55. The van der Waals surface area contributed by atoms with Gasteiger partial charge in [0.2, 0.25) is 0 Å². The van der Waals surface area contributed by atoms with Crippen molar-refractivity contribution in [2.45, 2.75) is 45.4 Å². The molecule has 0 aromatic carbocycles. The highest BCUT2D eigenvalue weighted by Gasteiger charge is 2.08. The second kappa shape index (κ2) is 12.7. The van der Waals surface area contributed by atoms with Gasteiger partial charge in [0.15, 0.2) is 0 Å². The predicted molar refractivity (Wildman–Crippen MR) is 96.0 cm³/mol. The molecule has 23 heavy (non-hydrogen) atoms. The molecule has 0 saturated heterocycles. The lowest BCUT2D eigenvalue weighted by atomic mass is 10.1. The first-order valence-electron chi connectivity index (χ1n) is 8.59. The second-order valence-corrected chi connectivity index (χ2v) is 5.53. The Morgan fingerprint density at radius 3 is 2.96 bits per heavy atom. The number of allylic oxidation sites excluding steroid dienone is 2. The van der Waals surface area contributed by atoms with Crippen LogP contribution in [-0.4, -0.2) is 37.1 Å². The van der Waals surface area contributed by atoms with Crippen LogP contribution in [0, 0.1) is 11.8 Å². The topological polar surface area (TPSA) is 29.5 Å². The van der Waals surface area contributed by atoms with Crippen molar-refractivity contribution in [3.8, 4) is 11.8 Å². The molecule has 0 bridgehead atoms. The number of hydrogen-bond donors (Lipinski definition) is 0. The summed E-state index contributed by atoms with van der Waals surface area (Å²) >= 11 is 0. The summed E-state index contributed by atoms with van der Waals surface area (Å²) in [5.41, 5.74) is 0.704. The van der Waals surface area contributed by atoms with Crippen molar-refractivity contribution in [3.05, 3.63) is 36.5 Å². The minimum absolute atomic E-state index is 0.225. The standard InChI is InChI=1S/C20H29NO2/c1-3-16-21-17-12-8-6-5-7-10-14-19(20(22)23-4-2)15-11-9-13-18-21/h3,9,11,15H,1,4,6,8,10,12-14,16-18H2,2H3/b11-9-,19-15-. The van der Waals surface area contributed by atoms with Gasteiger partial charge in [0.25, 0.3) is 0 Å². The number of hydrogen-bond acceptors (Lipinski definition) is 3. The normalized spacial score (nSPS) is 21.5. The number of ether oxygens (including phenoxy) is 1. The van der Waals surface area contributed by atoms with E-state index >= 15 is 0 Å². The van der Waals surface area contributed by atoms with Gasteiger partial charge in [-0.05, 0) is 39.2 Å². The van der Waals surface area contributed by atoms with Crippen LogP contribution in [0.5, 0.6) is 0 Å². The van der Waals surface area contributed by atoms with E-state index in [2.05, 4.69) is 29.4 Å². The van der Waals surface area contributed by atoms with Gasteiger partial charge in [-0.25, -0.2) is 4.79 Å². The molecule has 0 spiro atoms. The van der Waals surface area contributed by atoms with Crippen molar-refractivity contribution < 1.29 is 9.53 Å². The number of carbonyl (C=O) groups excluding carboxylic acids is 1. The predicted octanol–water partition coefficient (Wildman–Crippen LogP) is 3.88. The molecule has 0 aromatic heterocycles. The highest BCUT2D eigenvalue weighted by molar-refractivity contribution is 5.88. The lowest BCUT2D eigenvalue weighted by molar-refractivity contribution is -0.138. The molecule has 3 heteroatoms. The molecule has 0 aromatic rings. The SMILES string of the molecule is C=CCN1CC/C=C\C=C(/C(=O)OCC)CCC#CCCCC1.